The first-order chi connectivity index (χ1) is 14.0. The lowest BCUT2D eigenvalue weighted by Crippen LogP contribution is -2.23. The second-order valence-electron chi connectivity index (χ2n) is 6.04. The first kappa shape index (κ1) is 19.9. The lowest BCUT2D eigenvalue weighted by Gasteiger charge is -2.04. The minimum Gasteiger partial charge on any atom is -0.478 e. The van der Waals surface area contributed by atoms with Gasteiger partial charge in [0.2, 0.25) is 0 Å². The number of halogens is 1. The highest BCUT2D eigenvalue weighted by Crippen LogP contribution is 2.28. The minimum absolute atomic E-state index is 0.0102. The molecule has 1 amide bonds. The van der Waals surface area contributed by atoms with Gasteiger partial charge in [0.15, 0.2) is 0 Å². The topological polar surface area (TPSA) is 103 Å². The van der Waals surface area contributed by atoms with Gasteiger partial charge < -0.3 is 14.8 Å². The van der Waals surface area contributed by atoms with Gasteiger partial charge in [-0.05, 0) is 29.8 Å². The number of carboxylic acid groups (broad SMARTS) is 1. The van der Waals surface area contributed by atoms with E-state index in [-0.39, 0.29) is 16.2 Å². The highest BCUT2D eigenvalue weighted by molar-refractivity contribution is 6.33. The molecule has 2 N–H and O–H groups in total. The molecule has 0 fully saturated rings. The van der Waals surface area contributed by atoms with Crippen LogP contribution in [0.25, 0.3) is 17.4 Å². The molecule has 3 rings (SSSR count). The van der Waals surface area contributed by atoms with Gasteiger partial charge in [-0.15, -0.1) is 0 Å². The molecule has 0 spiro atoms. The van der Waals surface area contributed by atoms with E-state index >= 15 is 0 Å². The molecule has 0 saturated heterocycles. The smallest absolute Gasteiger partial charge is 0.337 e. The van der Waals surface area contributed by atoms with E-state index in [0.29, 0.717) is 23.6 Å². The number of hydrogen-bond acceptors (Lipinski definition) is 4. The van der Waals surface area contributed by atoms with Crippen LogP contribution in [-0.4, -0.2) is 17.0 Å². The number of hydrogen-bond donors (Lipinski definition) is 2. The molecule has 7 heteroatoms. The Hall–Kier alpha value is -3.82. The molecule has 144 valence electrons. The van der Waals surface area contributed by atoms with E-state index in [1.807, 2.05) is 36.4 Å². The minimum atomic E-state index is -1.12. The molecule has 2 aromatic carbocycles. The third-order valence-electron chi connectivity index (χ3n) is 4.06. The monoisotopic (exact) mass is 406 g/mol. The van der Waals surface area contributed by atoms with Crippen molar-refractivity contribution in [1.29, 1.82) is 5.26 Å². The van der Waals surface area contributed by atoms with E-state index in [1.165, 1.54) is 18.2 Å². The maximum Gasteiger partial charge on any atom is 0.337 e. The number of carbonyl (C=O) groups is 2. The molecule has 0 unspecified atom stereocenters. The molecule has 0 aliphatic carbocycles. The van der Waals surface area contributed by atoms with Crippen LogP contribution in [0.5, 0.6) is 0 Å². The van der Waals surface area contributed by atoms with E-state index in [4.69, 9.17) is 21.1 Å². The molecule has 0 aliphatic rings. The highest BCUT2D eigenvalue weighted by Gasteiger charge is 2.13. The average molecular weight is 407 g/mol. The number of benzene rings is 2. The van der Waals surface area contributed by atoms with Crippen LogP contribution < -0.4 is 5.32 Å². The van der Waals surface area contributed by atoms with E-state index in [1.54, 1.807) is 18.2 Å². The molecule has 1 aromatic heterocycles. The second kappa shape index (κ2) is 8.91. The summed E-state index contributed by atoms with van der Waals surface area (Å²) in [5.41, 5.74) is 1.39. The van der Waals surface area contributed by atoms with Crippen molar-refractivity contribution >= 4 is 29.6 Å². The predicted molar refractivity (Wildman–Crippen MR) is 108 cm³/mol. The molecular formula is C22H15ClN2O4. The largest absolute Gasteiger partial charge is 0.478 e. The molecule has 1 heterocycles. The fourth-order valence-corrected chi connectivity index (χ4v) is 2.85. The molecule has 0 radical (unpaired) electrons. The van der Waals surface area contributed by atoms with Gasteiger partial charge in [0.25, 0.3) is 5.91 Å². The van der Waals surface area contributed by atoms with Crippen LogP contribution in [-0.2, 0) is 11.3 Å². The van der Waals surface area contributed by atoms with E-state index in [2.05, 4.69) is 5.32 Å². The summed E-state index contributed by atoms with van der Waals surface area (Å²) in [6.45, 7) is 0.302. The number of carbonyl (C=O) groups excluding carboxylic acids is 1. The third-order valence-corrected chi connectivity index (χ3v) is 4.37. The van der Waals surface area contributed by atoms with Crippen molar-refractivity contribution in [2.45, 2.75) is 6.54 Å². The van der Waals surface area contributed by atoms with Gasteiger partial charge >= 0.3 is 5.97 Å². The molecule has 6 nitrogen and oxygen atoms in total. The molecule has 3 aromatic rings. The summed E-state index contributed by atoms with van der Waals surface area (Å²) in [5, 5.41) is 21.1. The molecule has 29 heavy (non-hydrogen) atoms. The fraction of sp³-hybridized carbons (Fsp3) is 0.0455. The van der Waals surface area contributed by atoms with Crippen LogP contribution in [0.15, 0.2) is 70.7 Å². The van der Waals surface area contributed by atoms with Gasteiger partial charge in [-0.2, -0.15) is 5.26 Å². The van der Waals surface area contributed by atoms with Crippen molar-refractivity contribution in [2.75, 3.05) is 0 Å². The Labute approximate surface area is 171 Å². The zero-order valence-corrected chi connectivity index (χ0v) is 15.8. The fourth-order valence-electron chi connectivity index (χ4n) is 2.59. The number of carboxylic acids is 1. The van der Waals surface area contributed by atoms with Crippen molar-refractivity contribution in [3.63, 3.8) is 0 Å². The van der Waals surface area contributed by atoms with E-state index < -0.39 is 11.9 Å². The van der Waals surface area contributed by atoms with Crippen molar-refractivity contribution < 1.29 is 19.1 Å². The molecule has 0 atom stereocenters. The highest BCUT2D eigenvalue weighted by atomic mass is 35.5. The lowest BCUT2D eigenvalue weighted by molar-refractivity contribution is -0.117. The standard InChI is InChI=1S/C22H15ClN2O4/c23-19-11-15(6-8-18(19)22(27)28)20-9-7-17(29-20)10-16(12-24)21(26)25-13-14-4-2-1-3-5-14/h1-11H,13H2,(H,25,26)(H,27,28)/b16-10-. The normalized spacial score (nSPS) is 11.0. The first-order valence-corrected chi connectivity index (χ1v) is 8.92. The molecular weight excluding hydrogens is 392 g/mol. The molecule has 0 saturated carbocycles. The number of aromatic carboxylic acids is 1. The quantitative estimate of drug-likeness (QED) is 0.462. The van der Waals surface area contributed by atoms with Gasteiger partial charge in [-0.3, -0.25) is 4.79 Å². The van der Waals surface area contributed by atoms with Crippen LogP contribution in [0, 0.1) is 11.3 Å². The van der Waals surface area contributed by atoms with Crippen molar-refractivity contribution in [1.82, 2.24) is 5.32 Å². The first-order valence-electron chi connectivity index (χ1n) is 8.55. The Kier molecular flexibility index (Phi) is 6.12. The van der Waals surface area contributed by atoms with Crippen LogP contribution in [0.4, 0.5) is 0 Å². The number of nitriles is 1. The maximum absolute atomic E-state index is 12.3. The van der Waals surface area contributed by atoms with E-state index in [0.717, 1.165) is 5.56 Å². The summed E-state index contributed by atoms with van der Waals surface area (Å²) in [4.78, 5) is 23.3. The van der Waals surface area contributed by atoms with E-state index in [9.17, 15) is 14.9 Å². The van der Waals surface area contributed by atoms with Crippen LogP contribution in [0.1, 0.15) is 21.7 Å². The van der Waals surface area contributed by atoms with Crippen LogP contribution >= 0.6 is 11.6 Å². The Morgan fingerprint density at radius 2 is 1.90 bits per heavy atom. The molecule has 0 aliphatic heterocycles. The summed E-state index contributed by atoms with van der Waals surface area (Å²) >= 11 is 5.98. The van der Waals surface area contributed by atoms with Crippen molar-refractivity contribution in [3.05, 3.63) is 88.1 Å². The Bertz CT molecular complexity index is 1130. The van der Waals surface area contributed by atoms with Gasteiger partial charge in [0.05, 0.1) is 10.6 Å². The SMILES string of the molecule is N#C/C(=C/c1ccc(-c2ccc(C(=O)O)c(Cl)c2)o1)C(=O)NCc1ccccc1. The Morgan fingerprint density at radius 3 is 2.55 bits per heavy atom. The predicted octanol–water partition coefficient (Wildman–Crippen LogP) is 4.52. The number of nitrogens with zero attached hydrogens (tertiary/aromatic N) is 1. The van der Waals surface area contributed by atoms with Crippen molar-refractivity contribution in [2.24, 2.45) is 0 Å². The zero-order chi connectivity index (χ0) is 20.8. The van der Waals surface area contributed by atoms with Crippen LogP contribution in [0.3, 0.4) is 0 Å². The summed E-state index contributed by atoms with van der Waals surface area (Å²) in [5.74, 6) is -0.894. The lowest BCUT2D eigenvalue weighted by atomic mass is 10.1. The molecule has 0 bridgehead atoms. The third kappa shape index (κ3) is 4.92. The van der Waals surface area contributed by atoms with Gasteiger partial charge in [-0.1, -0.05) is 48.0 Å². The van der Waals surface area contributed by atoms with Crippen LogP contribution in [0.2, 0.25) is 5.02 Å². The number of amides is 1. The number of furan rings is 1. The maximum atomic E-state index is 12.3. The van der Waals surface area contributed by atoms with Crippen molar-refractivity contribution in [3.8, 4) is 17.4 Å². The summed E-state index contributed by atoms with van der Waals surface area (Å²) < 4.78 is 5.66. The second-order valence-corrected chi connectivity index (χ2v) is 6.45. The number of rotatable bonds is 6. The van der Waals surface area contributed by atoms with Gasteiger partial charge in [-0.25, -0.2) is 4.79 Å². The van der Waals surface area contributed by atoms with Gasteiger partial charge in [0.1, 0.15) is 23.2 Å². The zero-order valence-electron chi connectivity index (χ0n) is 15.1. The average Bonchev–Trinajstić information content (AvgIpc) is 3.19. The Balaban J connectivity index is 1.75. The van der Waals surface area contributed by atoms with Gasteiger partial charge in [0, 0.05) is 18.2 Å². The summed E-state index contributed by atoms with van der Waals surface area (Å²) in [7, 11) is 0. The summed E-state index contributed by atoms with van der Waals surface area (Å²) in [6, 6.07) is 18.9. The Morgan fingerprint density at radius 1 is 1.14 bits per heavy atom. The summed E-state index contributed by atoms with van der Waals surface area (Å²) in [6.07, 6.45) is 1.34. The number of nitrogens with one attached hydrogen (secondary N) is 1.